The monoisotopic (exact) mass is 268 g/mol. The van der Waals surface area contributed by atoms with Crippen LogP contribution in [0.25, 0.3) is 0 Å². The average molecular weight is 269 g/mol. The van der Waals surface area contributed by atoms with Gasteiger partial charge in [-0.1, -0.05) is 11.6 Å². The van der Waals surface area contributed by atoms with Gasteiger partial charge < -0.3 is 10.3 Å². The lowest BCUT2D eigenvalue weighted by Gasteiger charge is -2.05. The van der Waals surface area contributed by atoms with Crippen LogP contribution in [0.1, 0.15) is 11.6 Å². The van der Waals surface area contributed by atoms with E-state index < -0.39 is 0 Å². The molecule has 1 aromatic carbocycles. The van der Waals surface area contributed by atoms with Crippen molar-refractivity contribution < 1.29 is 0 Å². The molecule has 6 heteroatoms. The van der Waals surface area contributed by atoms with Gasteiger partial charge in [-0.15, -0.1) is 22.0 Å². The number of aromatic nitrogens is 3. The van der Waals surface area contributed by atoms with Crippen molar-refractivity contribution in [1.29, 1.82) is 0 Å². The third kappa shape index (κ3) is 2.73. The molecule has 1 aromatic heterocycles. The van der Waals surface area contributed by atoms with Crippen LogP contribution in [0.3, 0.4) is 0 Å². The minimum Gasteiger partial charge on any atom is -0.398 e. The van der Waals surface area contributed by atoms with Gasteiger partial charge in [0.15, 0.2) is 0 Å². The zero-order chi connectivity index (χ0) is 12.4. The molecule has 0 spiro atoms. The van der Waals surface area contributed by atoms with Gasteiger partial charge in [0, 0.05) is 22.7 Å². The number of rotatable bonds is 3. The van der Waals surface area contributed by atoms with Crippen LogP contribution in [0.4, 0.5) is 5.69 Å². The van der Waals surface area contributed by atoms with Crippen LogP contribution in [0, 0.1) is 6.92 Å². The molecule has 0 aliphatic heterocycles. The summed E-state index contributed by atoms with van der Waals surface area (Å²) < 4.78 is 1.97. The molecular formula is C11H13ClN4S. The molecule has 0 unspecified atom stereocenters. The molecule has 0 amide bonds. The van der Waals surface area contributed by atoms with E-state index in [1.807, 2.05) is 30.7 Å². The summed E-state index contributed by atoms with van der Waals surface area (Å²) in [6, 6.07) is 5.46. The molecule has 0 bridgehead atoms. The summed E-state index contributed by atoms with van der Waals surface area (Å²) in [4.78, 5) is 0.971. The van der Waals surface area contributed by atoms with Crippen LogP contribution in [0.2, 0.25) is 5.02 Å². The number of anilines is 1. The summed E-state index contributed by atoms with van der Waals surface area (Å²) in [6.07, 6.45) is 0. The van der Waals surface area contributed by atoms with Crippen molar-refractivity contribution in [3.63, 3.8) is 0 Å². The van der Waals surface area contributed by atoms with Gasteiger partial charge in [-0.25, -0.2) is 0 Å². The Morgan fingerprint density at radius 1 is 1.41 bits per heavy atom. The molecule has 0 aliphatic rings. The van der Waals surface area contributed by atoms with Gasteiger partial charge in [0.25, 0.3) is 0 Å². The third-order valence-corrected chi connectivity index (χ3v) is 3.82. The first-order chi connectivity index (χ1) is 8.08. The number of thioether (sulfide) groups is 1. The molecule has 0 radical (unpaired) electrons. The number of nitrogens with two attached hydrogens (primary N) is 1. The van der Waals surface area contributed by atoms with Gasteiger partial charge in [0.05, 0.1) is 5.75 Å². The Labute approximate surface area is 109 Å². The molecule has 2 N–H and O–H groups in total. The number of aryl methyl sites for hydroxylation is 1. The fraction of sp³-hybridized carbons (Fsp3) is 0.273. The maximum absolute atomic E-state index is 5.93. The quantitative estimate of drug-likeness (QED) is 0.687. The van der Waals surface area contributed by atoms with Crippen molar-refractivity contribution in [2.75, 3.05) is 5.73 Å². The lowest BCUT2D eigenvalue weighted by Crippen LogP contribution is -1.98. The Bertz CT molecular complexity index is 538. The normalized spacial score (nSPS) is 10.8. The van der Waals surface area contributed by atoms with Gasteiger partial charge in [-0.3, -0.25) is 0 Å². The second-order valence-electron chi connectivity index (χ2n) is 3.69. The minimum absolute atomic E-state index is 0.691. The SMILES string of the molecule is Cc1nnc(CSc2cc(Cl)ccc2N)n1C. The Balaban J connectivity index is 2.12. The van der Waals surface area contributed by atoms with E-state index in [1.165, 1.54) is 0 Å². The van der Waals surface area contributed by atoms with E-state index in [1.54, 1.807) is 17.8 Å². The van der Waals surface area contributed by atoms with Crippen LogP contribution < -0.4 is 5.73 Å². The van der Waals surface area contributed by atoms with Gasteiger partial charge >= 0.3 is 0 Å². The van der Waals surface area contributed by atoms with Crippen molar-refractivity contribution in [2.45, 2.75) is 17.6 Å². The Kier molecular flexibility index (Phi) is 3.59. The number of hydrogen-bond acceptors (Lipinski definition) is 4. The molecule has 1 heterocycles. The highest BCUT2D eigenvalue weighted by molar-refractivity contribution is 7.98. The first-order valence-electron chi connectivity index (χ1n) is 5.10. The Hall–Kier alpha value is -1.20. The van der Waals surface area contributed by atoms with Crippen LogP contribution in [0.5, 0.6) is 0 Å². The Morgan fingerprint density at radius 3 is 2.82 bits per heavy atom. The van der Waals surface area contributed by atoms with Gasteiger partial charge in [-0.05, 0) is 25.1 Å². The highest BCUT2D eigenvalue weighted by atomic mass is 35.5. The fourth-order valence-electron chi connectivity index (χ4n) is 1.35. The molecule has 0 fully saturated rings. The number of nitrogens with zero attached hydrogens (tertiary/aromatic N) is 3. The van der Waals surface area contributed by atoms with Crippen LogP contribution in [0.15, 0.2) is 23.1 Å². The summed E-state index contributed by atoms with van der Waals surface area (Å²) in [5.41, 5.74) is 6.61. The number of halogens is 1. The molecule has 90 valence electrons. The van der Waals surface area contributed by atoms with Crippen molar-refractivity contribution in [3.05, 3.63) is 34.9 Å². The average Bonchev–Trinajstić information content (AvgIpc) is 2.62. The zero-order valence-electron chi connectivity index (χ0n) is 9.64. The first-order valence-corrected chi connectivity index (χ1v) is 6.47. The van der Waals surface area contributed by atoms with E-state index in [9.17, 15) is 0 Å². The van der Waals surface area contributed by atoms with Gasteiger partial charge in [0.1, 0.15) is 11.6 Å². The first kappa shape index (κ1) is 12.3. The van der Waals surface area contributed by atoms with Crippen LogP contribution >= 0.6 is 23.4 Å². The van der Waals surface area contributed by atoms with Crippen LogP contribution in [-0.4, -0.2) is 14.8 Å². The third-order valence-electron chi connectivity index (χ3n) is 2.52. The maximum atomic E-state index is 5.93. The lowest BCUT2D eigenvalue weighted by molar-refractivity contribution is 0.817. The van der Waals surface area contributed by atoms with Crippen molar-refractivity contribution in [2.24, 2.45) is 7.05 Å². The second kappa shape index (κ2) is 4.98. The van der Waals surface area contributed by atoms with E-state index in [0.29, 0.717) is 5.02 Å². The molecule has 2 rings (SSSR count). The lowest BCUT2D eigenvalue weighted by atomic mass is 10.3. The van der Waals surface area contributed by atoms with Crippen molar-refractivity contribution in [1.82, 2.24) is 14.8 Å². The molecule has 4 nitrogen and oxygen atoms in total. The molecule has 0 saturated carbocycles. The minimum atomic E-state index is 0.691. The summed E-state index contributed by atoms with van der Waals surface area (Å²) in [5, 5.41) is 8.80. The Morgan fingerprint density at radius 2 is 2.18 bits per heavy atom. The number of nitrogen functional groups attached to an aromatic ring is 1. The fourth-order valence-corrected chi connectivity index (χ4v) is 2.57. The summed E-state index contributed by atoms with van der Waals surface area (Å²) >= 11 is 7.54. The van der Waals surface area contributed by atoms with E-state index in [4.69, 9.17) is 17.3 Å². The number of hydrogen-bond donors (Lipinski definition) is 1. The summed E-state index contributed by atoms with van der Waals surface area (Å²) in [7, 11) is 1.95. The highest BCUT2D eigenvalue weighted by Crippen LogP contribution is 2.30. The molecule has 0 saturated heterocycles. The predicted molar refractivity (Wildman–Crippen MR) is 71.2 cm³/mol. The van der Waals surface area contributed by atoms with E-state index in [0.717, 1.165) is 28.0 Å². The molecule has 2 aromatic rings. The van der Waals surface area contributed by atoms with Crippen molar-refractivity contribution >= 4 is 29.1 Å². The van der Waals surface area contributed by atoms with Gasteiger partial charge in [-0.2, -0.15) is 0 Å². The predicted octanol–water partition coefficient (Wildman–Crippen LogP) is 2.65. The van der Waals surface area contributed by atoms with E-state index in [2.05, 4.69) is 10.2 Å². The highest BCUT2D eigenvalue weighted by Gasteiger charge is 2.07. The topological polar surface area (TPSA) is 56.7 Å². The molecule has 0 atom stereocenters. The maximum Gasteiger partial charge on any atom is 0.143 e. The smallest absolute Gasteiger partial charge is 0.143 e. The number of benzene rings is 1. The van der Waals surface area contributed by atoms with Crippen LogP contribution in [-0.2, 0) is 12.8 Å². The molecule has 0 aliphatic carbocycles. The largest absolute Gasteiger partial charge is 0.398 e. The van der Waals surface area contributed by atoms with Gasteiger partial charge in [0.2, 0.25) is 0 Å². The summed E-state index contributed by atoms with van der Waals surface area (Å²) in [5.74, 6) is 2.55. The standard InChI is InChI=1S/C11H13ClN4S/c1-7-14-15-11(16(7)2)6-17-10-5-8(12)3-4-9(10)13/h3-5H,6,13H2,1-2H3. The van der Waals surface area contributed by atoms with E-state index in [-0.39, 0.29) is 0 Å². The zero-order valence-corrected chi connectivity index (χ0v) is 11.2. The van der Waals surface area contributed by atoms with E-state index >= 15 is 0 Å². The molecular weight excluding hydrogens is 256 g/mol. The molecule has 17 heavy (non-hydrogen) atoms. The van der Waals surface area contributed by atoms with Crippen molar-refractivity contribution in [3.8, 4) is 0 Å². The summed E-state index contributed by atoms with van der Waals surface area (Å²) in [6.45, 7) is 1.93. The second-order valence-corrected chi connectivity index (χ2v) is 5.15.